The molecule has 6 rings (SSSR count). The molecule has 2 aliphatic rings. The fraction of sp³-hybridized carbons (Fsp3) is 0.386. The molecule has 60 heavy (non-hydrogen) atoms. The molecular weight excluding hydrogens is 854 g/mol. The van der Waals surface area contributed by atoms with Crippen LogP contribution in [0.3, 0.4) is 0 Å². The van der Waals surface area contributed by atoms with Crippen LogP contribution in [0.15, 0.2) is 101 Å². The first-order valence-corrected chi connectivity index (χ1v) is 21.7. The second-order valence-electron chi connectivity index (χ2n) is 17.1. The van der Waals surface area contributed by atoms with Crippen LogP contribution in [0.5, 0.6) is 11.5 Å². The van der Waals surface area contributed by atoms with Crippen molar-refractivity contribution in [3.63, 3.8) is 0 Å². The van der Waals surface area contributed by atoms with E-state index in [-0.39, 0.29) is 24.3 Å². The van der Waals surface area contributed by atoms with Gasteiger partial charge in [-0.2, -0.15) is 0 Å². The molecule has 4 amide bonds. The highest BCUT2D eigenvalue weighted by molar-refractivity contribution is 9.10. The Balaban J connectivity index is 1.35. The highest BCUT2D eigenvalue weighted by Crippen LogP contribution is 2.45. The molecule has 1 saturated carbocycles. The van der Waals surface area contributed by atoms with Crippen LogP contribution in [-0.2, 0) is 29.1 Å². The van der Waals surface area contributed by atoms with Crippen LogP contribution in [0.4, 0.5) is 4.79 Å². The van der Waals surface area contributed by atoms with Crippen LogP contribution in [0, 0.1) is 11.3 Å². The molecule has 2 heterocycles. The lowest BCUT2D eigenvalue weighted by Gasteiger charge is -2.36. The molecule has 1 aliphatic heterocycles. The highest BCUT2D eigenvalue weighted by atomic mass is 79.9. The molecule has 2 fully saturated rings. The smallest absolute Gasteiger partial charge is 0.408 e. The number of methoxy groups -OCH3 is 1. The topological polar surface area (TPSA) is 182 Å². The summed E-state index contributed by atoms with van der Waals surface area (Å²) in [6.45, 7) is 14.2. The molecule has 1 aromatic heterocycles. The number of likely N-dealkylation sites (tertiary alicyclic amines) is 1. The molecule has 3 aromatic carbocycles. The summed E-state index contributed by atoms with van der Waals surface area (Å²) >= 11 is 3.28. The number of nitrogens with one attached hydrogen (secondary N) is 3. The summed E-state index contributed by atoms with van der Waals surface area (Å²) in [7, 11) is -2.77. The van der Waals surface area contributed by atoms with Gasteiger partial charge in [0, 0.05) is 39.9 Å². The molecule has 0 bridgehead atoms. The molecule has 4 aromatic rings. The van der Waals surface area contributed by atoms with Crippen LogP contribution in [0.2, 0.25) is 0 Å². The van der Waals surface area contributed by atoms with Gasteiger partial charge in [-0.05, 0) is 69.0 Å². The normalized spacial score (nSPS) is 20.7. The second-order valence-corrected chi connectivity index (χ2v) is 19.7. The number of hydrogen-bond acceptors (Lipinski definition) is 10. The van der Waals surface area contributed by atoms with Crippen molar-refractivity contribution in [1.82, 2.24) is 25.2 Å². The number of pyridine rings is 1. The summed E-state index contributed by atoms with van der Waals surface area (Å²) < 4.78 is 47.1. The largest absolute Gasteiger partial charge is 0.497 e. The lowest BCUT2D eigenvalue weighted by atomic mass is 9.85. The summed E-state index contributed by atoms with van der Waals surface area (Å²) in [5, 5.41) is 6.19. The first-order chi connectivity index (χ1) is 28.1. The fourth-order valence-electron chi connectivity index (χ4n) is 7.17. The van der Waals surface area contributed by atoms with Crippen molar-refractivity contribution in [2.75, 3.05) is 13.7 Å². The zero-order valence-electron chi connectivity index (χ0n) is 34.6. The van der Waals surface area contributed by atoms with Gasteiger partial charge in [0.2, 0.25) is 11.8 Å². The molecule has 5 atom stereocenters. The van der Waals surface area contributed by atoms with Crippen molar-refractivity contribution >= 4 is 60.7 Å². The SMILES string of the molecule is C=C[C@@H]1C[C@]1(NC(=O)[C@@H]1C[C@@H](Oc2cc(-c3ccccc3)nc3cc(OC)ccc23)CN1C(=O)[C@@H](NC(=O)OC(C)(C)C)C(C)(C)C)C(=O)NS(=O)(=O)c1ccc(Br)cc1. The molecule has 1 aliphatic carbocycles. The zero-order valence-corrected chi connectivity index (χ0v) is 37.0. The van der Waals surface area contributed by atoms with E-state index in [0.29, 0.717) is 32.6 Å². The Hall–Kier alpha value is -5.48. The van der Waals surface area contributed by atoms with E-state index >= 15 is 0 Å². The third-order valence-electron chi connectivity index (χ3n) is 10.4. The number of sulfonamides is 1. The standard InChI is InChI=1S/C44H50BrN5O9S/c1-9-27-24-44(27,40(53)49-60(55,56)31-18-15-28(45)16-19-31)48-38(51)35-22-30(25-50(35)39(52)37(42(2,3)4)47-41(54)59-43(5,6)7)58-36-23-33(26-13-11-10-12-14-26)46-34-21-29(57-8)17-20-32(34)36/h9-21,23,27,30,35,37H,1,22,24-25H2,2-8H3,(H,47,54)(H,48,51)(H,49,53)/t27-,30-,35+,37-,44-/m1/s1. The molecule has 1 saturated heterocycles. The highest BCUT2D eigenvalue weighted by Gasteiger charge is 2.61. The van der Waals surface area contributed by atoms with Gasteiger partial charge in [0.05, 0.1) is 29.8 Å². The van der Waals surface area contributed by atoms with Crippen LogP contribution >= 0.6 is 15.9 Å². The maximum Gasteiger partial charge on any atom is 0.408 e. The third kappa shape index (κ3) is 9.76. The molecule has 16 heteroatoms. The van der Waals surface area contributed by atoms with Gasteiger partial charge in [-0.25, -0.2) is 22.9 Å². The number of amides is 4. The number of nitrogens with zero attached hydrogens (tertiary/aromatic N) is 2. The van der Waals surface area contributed by atoms with Gasteiger partial charge in [-0.15, -0.1) is 6.58 Å². The average molecular weight is 905 g/mol. The van der Waals surface area contributed by atoms with Crippen molar-refractivity contribution in [1.29, 1.82) is 0 Å². The van der Waals surface area contributed by atoms with Crippen molar-refractivity contribution in [2.45, 2.75) is 88.6 Å². The molecule has 0 radical (unpaired) electrons. The maximum atomic E-state index is 14.8. The fourth-order valence-corrected chi connectivity index (χ4v) is 8.48. The number of alkyl carbamates (subject to hydrolysis) is 1. The number of carbonyl (C=O) groups is 4. The Morgan fingerprint density at radius 1 is 0.983 bits per heavy atom. The van der Waals surface area contributed by atoms with Crippen molar-refractivity contribution in [3.05, 3.63) is 96.0 Å². The van der Waals surface area contributed by atoms with E-state index in [4.69, 9.17) is 19.2 Å². The van der Waals surface area contributed by atoms with Gasteiger partial charge in [-0.3, -0.25) is 14.4 Å². The van der Waals surface area contributed by atoms with Gasteiger partial charge >= 0.3 is 6.09 Å². The summed E-state index contributed by atoms with van der Waals surface area (Å²) in [5.74, 6) is -1.81. The van der Waals surface area contributed by atoms with Crippen molar-refractivity contribution < 1.29 is 41.8 Å². The van der Waals surface area contributed by atoms with E-state index in [1.54, 1.807) is 66.9 Å². The average Bonchev–Trinajstić information content (AvgIpc) is 3.74. The lowest BCUT2D eigenvalue weighted by Crippen LogP contribution is -2.60. The minimum atomic E-state index is -4.33. The molecule has 0 spiro atoms. The van der Waals surface area contributed by atoms with Gasteiger partial charge in [0.15, 0.2) is 0 Å². The predicted molar refractivity (Wildman–Crippen MR) is 230 cm³/mol. The number of ether oxygens (including phenoxy) is 3. The number of aromatic nitrogens is 1. The van der Waals surface area contributed by atoms with Crippen LogP contribution < -0.4 is 24.8 Å². The van der Waals surface area contributed by atoms with E-state index in [0.717, 1.165) is 5.56 Å². The van der Waals surface area contributed by atoms with E-state index in [2.05, 4.69) is 37.9 Å². The number of fused-ring (bicyclic) bond motifs is 1. The predicted octanol–water partition coefficient (Wildman–Crippen LogP) is 6.53. The number of hydrogen-bond donors (Lipinski definition) is 3. The summed E-state index contributed by atoms with van der Waals surface area (Å²) in [6.07, 6.45) is -0.0475. The van der Waals surface area contributed by atoms with E-state index < -0.39 is 74.5 Å². The monoisotopic (exact) mass is 903 g/mol. The second kappa shape index (κ2) is 16.9. The number of carbonyl (C=O) groups excluding carboxylic acids is 4. The molecule has 0 unspecified atom stereocenters. The van der Waals surface area contributed by atoms with E-state index in [1.165, 1.54) is 35.2 Å². The quantitative estimate of drug-likeness (QED) is 0.132. The Morgan fingerprint density at radius 3 is 2.27 bits per heavy atom. The number of rotatable bonds is 12. The van der Waals surface area contributed by atoms with Gasteiger partial charge in [0.25, 0.3) is 15.9 Å². The Bertz CT molecular complexity index is 2420. The van der Waals surface area contributed by atoms with Gasteiger partial charge in [0.1, 0.15) is 40.8 Å². The Morgan fingerprint density at radius 2 is 1.67 bits per heavy atom. The first-order valence-electron chi connectivity index (χ1n) is 19.4. The van der Waals surface area contributed by atoms with Crippen LogP contribution in [0.25, 0.3) is 22.2 Å². The summed E-state index contributed by atoms with van der Waals surface area (Å²) in [4.78, 5) is 62.4. The van der Waals surface area contributed by atoms with Crippen LogP contribution in [-0.4, -0.2) is 85.1 Å². The minimum absolute atomic E-state index is 0.0187. The summed E-state index contributed by atoms with van der Waals surface area (Å²) in [5.41, 5.74) is -1.33. The molecule has 14 nitrogen and oxygen atoms in total. The molecular formula is C44H50BrN5O9S. The van der Waals surface area contributed by atoms with Crippen molar-refractivity contribution in [2.24, 2.45) is 11.3 Å². The summed E-state index contributed by atoms with van der Waals surface area (Å²) in [6, 6.07) is 20.1. The zero-order chi connectivity index (χ0) is 43.8. The van der Waals surface area contributed by atoms with Crippen LogP contribution in [0.1, 0.15) is 54.4 Å². The van der Waals surface area contributed by atoms with Gasteiger partial charge in [-0.1, -0.05) is 73.1 Å². The third-order valence-corrected chi connectivity index (χ3v) is 12.2. The van der Waals surface area contributed by atoms with Gasteiger partial charge < -0.3 is 29.7 Å². The molecule has 3 N–H and O–H groups in total. The van der Waals surface area contributed by atoms with E-state index in [1.807, 2.05) is 36.4 Å². The van der Waals surface area contributed by atoms with E-state index in [9.17, 15) is 27.6 Å². The van der Waals surface area contributed by atoms with Crippen molar-refractivity contribution in [3.8, 4) is 22.8 Å². The maximum absolute atomic E-state index is 14.8. The minimum Gasteiger partial charge on any atom is -0.497 e. The first kappa shape index (κ1) is 44.1. The Kier molecular flexibility index (Phi) is 12.4. The lowest BCUT2D eigenvalue weighted by molar-refractivity contribution is -0.143. The Labute approximate surface area is 358 Å². The number of halogens is 1. The molecule has 318 valence electrons. The number of benzene rings is 3.